The molecule has 2 aromatic carbocycles. The van der Waals surface area contributed by atoms with Gasteiger partial charge in [0, 0.05) is 10.6 Å². The number of nitrogens with zero attached hydrogens (tertiary/aromatic N) is 1. The zero-order valence-electron chi connectivity index (χ0n) is 13.9. The van der Waals surface area contributed by atoms with Crippen LogP contribution in [0.25, 0.3) is 6.08 Å². The molecule has 1 heterocycles. The second kappa shape index (κ2) is 8.54. The predicted octanol–water partition coefficient (Wildman–Crippen LogP) is 5.31. The molecule has 0 spiro atoms. The zero-order valence-corrected chi connectivity index (χ0v) is 16.2. The summed E-state index contributed by atoms with van der Waals surface area (Å²) in [4.78, 5) is 15.0. The second-order valence-electron chi connectivity index (χ2n) is 5.54. The first-order valence-corrected chi connectivity index (χ1v) is 9.51. The number of thiocarbonyl (C=S) groups is 1. The number of ether oxygens (including phenoxy) is 1. The molecule has 3 nitrogen and oxygen atoms in total. The SMILES string of the molecule is C=CCOc1ccc(Cl)cc1/C=C1/SC(=S)N(Cc2ccccc2)C1=O. The number of rotatable bonds is 6. The first-order chi connectivity index (χ1) is 12.6. The maximum Gasteiger partial charge on any atom is 0.266 e. The molecule has 1 aliphatic heterocycles. The van der Waals surface area contributed by atoms with Crippen LogP contribution in [0, 0.1) is 0 Å². The Kier molecular flexibility index (Phi) is 6.14. The molecule has 0 N–H and O–H groups in total. The molecule has 0 unspecified atom stereocenters. The molecule has 1 fully saturated rings. The number of hydrogen-bond acceptors (Lipinski definition) is 4. The largest absolute Gasteiger partial charge is 0.489 e. The normalized spacial score (nSPS) is 15.6. The van der Waals surface area contributed by atoms with Crippen molar-refractivity contribution in [2.45, 2.75) is 6.54 Å². The highest BCUT2D eigenvalue weighted by Crippen LogP contribution is 2.35. The van der Waals surface area contributed by atoms with E-state index in [-0.39, 0.29) is 5.91 Å². The summed E-state index contributed by atoms with van der Waals surface area (Å²) in [5.41, 5.74) is 1.77. The number of carbonyl (C=O) groups is 1. The number of thioether (sulfide) groups is 1. The van der Waals surface area contributed by atoms with Gasteiger partial charge < -0.3 is 4.74 Å². The van der Waals surface area contributed by atoms with Crippen LogP contribution in [0.5, 0.6) is 5.75 Å². The zero-order chi connectivity index (χ0) is 18.5. The summed E-state index contributed by atoms with van der Waals surface area (Å²) < 4.78 is 6.19. The van der Waals surface area contributed by atoms with Crippen molar-refractivity contribution in [2.24, 2.45) is 0 Å². The molecule has 0 atom stereocenters. The molecule has 0 bridgehead atoms. The van der Waals surface area contributed by atoms with Gasteiger partial charge >= 0.3 is 0 Å². The van der Waals surface area contributed by atoms with Gasteiger partial charge in [0.1, 0.15) is 16.7 Å². The number of hydrogen-bond donors (Lipinski definition) is 0. The highest BCUT2D eigenvalue weighted by molar-refractivity contribution is 8.26. The number of carbonyl (C=O) groups excluding carboxylic acids is 1. The Labute approximate surface area is 167 Å². The summed E-state index contributed by atoms with van der Waals surface area (Å²) in [6.07, 6.45) is 3.44. The maximum absolute atomic E-state index is 12.8. The van der Waals surface area contributed by atoms with Crippen LogP contribution in [0.3, 0.4) is 0 Å². The third-order valence-electron chi connectivity index (χ3n) is 3.67. The van der Waals surface area contributed by atoms with Gasteiger partial charge in [0.25, 0.3) is 5.91 Å². The lowest BCUT2D eigenvalue weighted by Crippen LogP contribution is -2.27. The van der Waals surface area contributed by atoms with Crippen LogP contribution in [0.2, 0.25) is 5.02 Å². The highest BCUT2D eigenvalue weighted by Gasteiger charge is 2.32. The van der Waals surface area contributed by atoms with Gasteiger partial charge in [0.15, 0.2) is 0 Å². The van der Waals surface area contributed by atoms with E-state index < -0.39 is 0 Å². The molecular weight excluding hydrogens is 386 g/mol. The van der Waals surface area contributed by atoms with E-state index in [1.807, 2.05) is 30.3 Å². The molecule has 0 aliphatic carbocycles. The van der Waals surface area contributed by atoms with Crippen molar-refractivity contribution in [1.82, 2.24) is 4.90 Å². The smallest absolute Gasteiger partial charge is 0.266 e. The van der Waals surface area contributed by atoms with E-state index >= 15 is 0 Å². The summed E-state index contributed by atoms with van der Waals surface area (Å²) in [6.45, 7) is 4.48. The summed E-state index contributed by atoms with van der Waals surface area (Å²) in [7, 11) is 0. The predicted molar refractivity (Wildman–Crippen MR) is 112 cm³/mol. The summed E-state index contributed by atoms with van der Waals surface area (Å²) in [6, 6.07) is 15.1. The second-order valence-corrected chi connectivity index (χ2v) is 7.65. The van der Waals surface area contributed by atoms with Gasteiger partial charge in [-0.1, -0.05) is 78.6 Å². The van der Waals surface area contributed by atoms with Crippen molar-refractivity contribution in [1.29, 1.82) is 0 Å². The lowest BCUT2D eigenvalue weighted by Gasteiger charge is -2.14. The molecule has 2 aromatic rings. The third-order valence-corrected chi connectivity index (χ3v) is 5.29. The van der Waals surface area contributed by atoms with Gasteiger partial charge in [-0.15, -0.1) is 0 Å². The Morgan fingerprint density at radius 3 is 2.73 bits per heavy atom. The molecule has 132 valence electrons. The average Bonchev–Trinajstić information content (AvgIpc) is 2.89. The van der Waals surface area contributed by atoms with E-state index in [2.05, 4.69) is 6.58 Å². The van der Waals surface area contributed by atoms with Crippen LogP contribution in [0.4, 0.5) is 0 Å². The molecule has 26 heavy (non-hydrogen) atoms. The highest BCUT2D eigenvalue weighted by atomic mass is 35.5. The Hall–Kier alpha value is -2.08. The molecule has 1 amide bonds. The molecule has 1 aliphatic rings. The van der Waals surface area contributed by atoms with Crippen LogP contribution in [0.1, 0.15) is 11.1 Å². The molecule has 0 saturated carbocycles. The standard InChI is InChI=1S/C20H16ClNO2S2/c1-2-10-24-17-9-8-16(21)11-15(17)12-18-19(23)22(20(25)26-18)13-14-6-4-3-5-7-14/h2-9,11-12H,1,10,13H2/b18-12+. The average molecular weight is 402 g/mol. The Bertz CT molecular complexity index is 881. The number of amides is 1. The van der Waals surface area contributed by atoms with E-state index in [1.54, 1.807) is 35.3 Å². The quantitative estimate of drug-likeness (QED) is 0.373. The summed E-state index contributed by atoms with van der Waals surface area (Å²) in [5, 5.41) is 0.571. The van der Waals surface area contributed by atoms with Crippen molar-refractivity contribution in [2.75, 3.05) is 6.61 Å². The minimum atomic E-state index is -0.113. The fourth-order valence-electron chi connectivity index (χ4n) is 2.46. The monoisotopic (exact) mass is 401 g/mol. The summed E-state index contributed by atoms with van der Waals surface area (Å²) in [5.74, 6) is 0.529. The fraction of sp³-hybridized carbons (Fsp3) is 0.100. The van der Waals surface area contributed by atoms with E-state index in [1.165, 1.54) is 11.8 Å². The Morgan fingerprint density at radius 1 is 1.23 bits per heavy atom. The lowest BCUT2D eigenvalue weighted by atomic mass is 10.1. The van der Waals surface area contributed by atoms with E-state index in [4.69, 9.17) is 28.6 Å². The van der Waals surface area contributed by atoms with Crippen molar-refractivity contribution in [3.63, 3.8) is 0 Å². The Balaban J connectivity index is 1.86. The van der Waals surface area contributed by atoms with Gasteiger partial charge in [-0.3, -0.25) is 9.69 Å². The van der Waals surface area contributed by atoms with Crippen molar-refractivity contribution >= 4 is 51.9 Å². The number of benzene rings is 2. The maximum atomic E-state index is 12.8. The first kappa shape index (κ1) is 18.7. The van der Waals surface area contributed by atoms with Crippen LogP contribution in [0.15, 0.2) is 66.1 Å². The van der Waals surface area contributed by atoms with Crippen LogP contribution in [-0.4, -0.2) is 21.7 Å². The van der Waals surface area contributed by atoms with Crippen molar-refractivity contribution < 1.29 is 9.53 Å². The van der Waals surface area contributed by atoms with Crippen LogP contribution >= 0.6 is 35.6 Å². The van der Waals surface area contributed by atoms with Gasteiger partial charge in [-0.2, -0.15) is 0 Å². The molecule has 6 heteroatoms. The van der Waals surface area contributed by atoms with E-state index in [0.717, 1.165) is 11.1 Å². The van der Waals surface area contributed by atoms with Gasteiger partial charge in [0.05, 0.1) is 11.4 Å². The van der Waals surface area contributed by atoms with Crippen LogP contribution < -0.4 is 4.74 Å². The van der Waals surface area contributed by atoms with Crippen molar-refractivity contribution in [3.05, 3.63) is 82.2 Å². The minimum absolute atomic E-state index is 0.113. The van der Waals surface area contributed by atoms with Gasteiger partial charge in [0.2, 0.25) is 0 Å². The van der Waals surface area contributed by atoms with E-state index in [0.29, 0.717) is 33.1 Å². The topological polar surface area (TPSA) is 29.5 Å². The number of halogens is 1. The molecule has 3 rings (SSSR count). The minimum Gasteiger partial charge on any atom is -0.489 e. The molecule has 1 saturated heterocycles. The van der Waals surface area contributed by atoms with Gasteiger partial charge in [-0.05, 0) is 29.8 Å². The van der Waals surface area contributed by atoms with Crippen LogP contribution in [-0.2, 0) is 11.3 Å². The molecule has 0 aromatic heterocycles. The Morgan fingerprint density at radius 2 is 2.00 bits per heavy atom. The van der Waals surface area contributed by atoms with E-state index in [9.17, 15) is 4.79 Å². The first-order valence-electron chi connectivity index (χ1n) is 7.91. The fourth-order valence-corrected chi connectivity index (χ4v) is 3.88. The van der Waals surface area contributed by atoms with Gasteiger partial charge in [-0.25, -0.2) is 0 Å². The molecule has 0 radical (unpaired) electrons. The molecular formula is C20H16ClNO2S2. The van der Waals surface area contributed by atoms with Crippen molar-refractivity contribution in [3.8, 4) is 5.75 Å². The third kappa shape index (κ3) is 4.36. The lowest BCUT2D eigenvalue weighted by molar-refractivity contribution is -0.122. The summed E-state index contributed by atoms with van der Waals surface area (Å²) >= 11 is 12.8.